The fourth-order valence-corrected chi connectivity index (χ4v) is 3.54. The minimum absolute atomic E-state index is 0.152. The van der Waals surface area contributed by atoms with Crippen LogP contribution in [0.2, 0.25) is 5.02 Å². The summed E-state index contributed by atoms with van der Waals surface area (Å²) in [7, 11) is 0. The number of carbonyl (C=O) groups is 1. The van der Waals surface area contributed by atoms with Crippen molar-refractivity contribution in [3.05, 3.63) is 46.4 Å². The van der Waals surface area contributed by atoms with Gasteiger partial charge in [-0.1, -0.05) is 11.6 Å². The van der Waals surface area contributed by atoms with Gasteiger partial charge >= 0.3 is 0 Å². The van der Waals surface area contributed by atoms with Crippen LogP contribution in [0.4, 0.5) is 10.1 Å². The molecule has 6 nitrogen and oxygen atoms in total. The predicted octanol–water partition coefficient (Wildman–Crippen LogP) is 3.62. The number of hydrogen-bond acceptors (Lipinski definition) is 5. The predicted molar refractivity (Wildman–Crippen MR) is 107 cm³/mol. The average molecular weight is 409 g/mol. The zero-order chi connectivity index (χ0) is 20.3. The third-order valence-corrected chi connectivity index (χ3v) is 5.48. The molecule has 2 aromatic rings. The van der Waals surface area contributed by atoms with Crippen molar-refractivity contribution in [1.82, 2.24) is 14.8 Å². The number of aromatic nitrogens is 1. The van der Waals surface area contributed by atoms with Crippen molar-refractivity contribution < 1.29 is 13.6 Å². The van der Waals surface area contributed by atoms with Crippen molar-refractivity contribution in [2.24, 2.45) is 0 Å². The van der Waals surface area contributed by atoms with Crippen LogP contribution >= 0.6 is 11.6 Å². The van der Waals surface area contributed by atoms with Gasteiger partial charge in [0.05, 0.1) is 29.0 Å². The number of rotatable bonds is 5. The van der Waals surface area contributed by atoms with Gasteiger partial charge in [-0.3, -0.25) is 14.6 Å². The van der Waals surface area contributed by atoms with E-state index in [1.165, 1.54) is 18.2 Å². The molecule has 0 spiro atoms. The van der Waals surface area contributed by atoms with E-state index in [0.717, 1.165) is 49.9 Å². The summed E-state index contributed by atoms with van der Waals surface area (Å²) < 4.78 is 18.9. The van der Waals surface area contributed by atoms with Crippen LogP contribution in [0.3, 0.4) is 0 Å². The van der Waals surface area contributed by atoms with Crippen molar-refractivity contribution in [2.45, 2.75) is 39.8 Å². The Morgan fingerprint density at radius 3 is 2.79 bits per heavy atom. The molecule has 0 radical (unpaired) electrons. The number of anilines is 1. The number of aryl methyl sites for hydroxylation is 2. The fourth-order valence-electron chi connectivity index (χ4n) is 3.33. The molecule has 1 atom stereocenters. The molecule has 152 valence electrons. The van der Waals surface area contributed by atoms with Gasteiger partial charge < -0.3 is 9.73 Å². The molecule has 1 aromatic heterocycles. The lowest BCUT2D eigenvalue weighted by molar-refractivity contribution is -0.120. The molecule has 1 saturated heterocycles. The molecule has 2 heterocycles. The number of oxazole rings is 1. The van der Waals surface area contributed by atoms with Gasteiger partial charge in [0, 0.05) is 19.6 Å². The molecule has 1 N–H and O–H groups in total. The van der Waals surface area contributed by atoms with E-state index in [1.54, 1.807) is 0 Å². The maximum atomic E-state index is 13.2. The highest BCUT2D eigenvalue weighted by molar-refractivity contribution is 6.33. The summed E-state index contributed by atoms with van der Waals surface area (Å²) >= 11 is 6.01. The molecule has 1 unspecified atom stereocenters. The summed E-state index contributed by atoms with van der Waals surface area (Å²) in [5, 5.41) is 2.99. The summed E-state index contributed by atoms with van der Waals surface area (Å²) in [5.41, 5.74) is 1.35. The molecule has 28 heavy (non-hydrogen) atoms. The Morgan fingerprint density at radius 1 is 1.32 bits per heavy atom. The Morgan fingerprint density at radius 2 is 2.11 bits per heavy atom. The number of halogens is 2. The van der Waals surface area contributed by atoms with Crippen LogP contribution in [0.5, 0.6) is 0 Å². The SMILES string of the molecule is Cc1nc(CN2CCCN(C(C)C(=O)Nc3ccc(F)cc3Cl)CC2)oc1C. The molecule has 0 saturated carbocycles. The molecule has 1 aromatic carbocycles. The lowest BCUT2D eigenvalue weighted by Gasteiger charge is -2.27. The van der Waals surface area contributed by atoms with E-state index in [4.69, 9.17) is 16.0 Å². The summed E-state index contributed by atoms with van der Waals surface area (Å²) in [4.78, 5) is 21.5. The highest BCUT2D eigenvalue weighted by Crippen LogP contribution is 2.23. The molecule has 0 bridgehead atoms. The number of benzene rings is 1. The third-order valence-electron chi connectivity index (χ3n) is 5.17. The largest absolute Gasteiger partial charge is 0.444 e. The van der Waals surface area contributed by atoms with Gasteiger partial charge in [0.2, 0.25) is 11.8 Å². The first-order valence-corrected chi connectivity index (χ1v) is 9.86. The Labute approximate surface area is 169 Å². The number of amides is 1. The number of nitrogens with zero attached hydrogens (tertiary/aromatic N) is 3. The number of carbonyl (C=O) groups excluding carboxylic acids is 1. The second-order valence-electron chi connectivity index (χ2n) is 7.20. The van der Waals surface area contributed by atoms with Crippen molar-refractivity contribution in [3.63, 3.8) is 0 Å². The lowest BCUT2D eigenvalue weighted by atomic mass is 10.2. The van der Waals surface area contributed by atoms with Gasteiger partial charge in [0.1, 0.15) is 11.6 Å². The average Bonchev–Trinajstić information content (AvgIpc) is 2.83. The second kappa shape index (κ2) is 9.03. The van der Waals surface area contributed by atoms with Crippen molar-refractivity contribution >= 4 is 23.2 Å². The monoisotopic (exact) mass is 408 g/mol. The van der Waals surface area contributed by atoms with Crippen LogP contribution in [0.1, 0.15) is 30.7 Å². The first kappa shape index (κ1) is 20.8. The van der Waals surface area contributed by atoms with E-state index in [9.17, 15) is 9.18 Å². The maximum Gasteiger partial charge on any atom is 0.241 e. The second-order valence-corrected chi connectivity index (χ2v) is 7.61. The Kier molecular flexibility index (Phi) is 6.69. The number of nitrogens with one attached hydrogen (secondary N) is 1. The summed E-state index contributed by atoms with van der Waals surface area (Å²) in [5.74, 6) is 1.01. The highest BCUT2D eigenvalue weighted by Gasteiger charge is 2.25. The summed E-state index contributed by atoms with van der Waals surface area (Å²) in [6.07, 6.45) is 0.952. The van der Waals surface area contributed by atoms with Crippen molar-refractivity contribution in [2.75, 3.05) is 31.5 Å². The quantitative estimate of drug-likeness (QED) is 0.818. The highest BCUT2D eigenvalue weighted by atomic mass is 35.5. The van der Waals surface area contributed by atoms with Crippen LogP contribution in [0.25, 0.3) is 0 Å². The van der Waals surface area contributed by atoms with E-state index in [1.807, 2.05) is 20.8 Å². The van der Waals surface area contributed by atoms with Crippen molar-refractivity contribution in [3.8, 4) is 0 Å². The van der Waals surface area contributed by atoms with Gasteiger partial charge in [-0.05, 0) is 51.9 Å². The Bertz CT molecular complexity index is 822. The molecule has 8 heteroatoms. The molecular formula is C20H26ClFN4O2. The lowest BCUT2D eigenvalue weighted by Crippen LogP contribution is -2.43. The van der Waals surface area contributed by atoms with Crippen LogP contribution in [0, 0.1) is 19.7 Å². The first-order chi connectivity index (χ1) is 13.3. The van der Waals surface area contributed by atoms with Crippen molar-refractivity contribution in [1.29, 1.82) is 0 Å². The molecular weight excluding hydrogens is 383 g/mol. The smallest absolute Gasteiger partial charge is 0.241 e. The molecule has 1 aliphatic rings. The van der Waals surface area contributed by atoms with E-state index >= 15 is 0 Å². The fraction of sp³-hybridized carbons (Fsp3) is 0.500. The van der Waals surface area contributed by atoms with Gasteiger partial charge in [-0.25, -0.2) is 9.37 Å². The Balaban J connectivity index is 1.55. The molecule has 0 aliphatic carbocycles. The van der Waals surface area contributed by atoms with E-state index < -0.39 is 5.82 Å². The van der Waals surface area contributed by atoms with Crippen LogP contribution in [-0.2, 0) is 11.3 Å². The van der Waals surface area contributed by atoms with E-state index in [2.05, 4.69) is 20.1 Å². The Hall–Kier alpha value is -1.96. The summed E-state index contributed by atoms with van der Waals surface area (Å²) in [6, 6.07) is 3.64. The van der Waals surface area contributed by atoms with Crippen LogP contribution < -0.4 is 5.32 Å². The zero-order valence-corrected chi connectivity index (χ0v) is 17.2. The number of hydrogen-bond donors (Lipinski definition) is 1. The van der Waals surface area contributed by atoms with Gasteiger partial charge in [0.25, 0.3) is 0 Å². The van der Waals surface area contributed by atoms with E-state index in [0.29, 0.717) is 12.2 Å². The van der Waals surface area contributed by atoms with Gasteiger partial charge in [0.15, 0.2) is 0 Å². The normalized spacial score (nSPS) is 17.3. The first-order valence-electron chi connectivity index (χ1n) is 9.48. The molecule has 1 amide bonds. The van der Waals surface area contributed by atoms with Crippen LogP contribution in [0.15, 0.2) is 22.6 Å². The van der Waals surface area contributed by atoms with Gasteiger partial charge in [-0.2, -0.15) is 0 Å². The zero-order valence-electron chi connectivity index (χ0n) is 16.5. The van der Waals surface area contributed by atoms with Crippen LogP contribution in [-0.4, -0.2) is 52.9 Å². The van der Waals surface area contributed by atoms with Gasteiger partial charge in [-0.15, -0.1) is 0 Å². The summed E-state index contributed by atoms with van der Waals surface area (Å²) in [6.45, 7) is 9.77. The minimum atomic E-state index is -0.430. The maximum absolute atomic E-state index is 13.2. The third kappa shape index (κ3) is 5.10. The molecule has 3 rings (SSSR count). The molecule has 1 fully saturated rings. The molecule has 1 aliphatic heterocycles. The standard InChI is InChI=1S/C20H26ClFN4O2/c1-13-15(3)28-19(23-13)12-25-7-4-8-26(10-9-25)14(2)20(27)24-18-6-5-16(22)11-17(18)21/h5-6,11,14H,4,7-10,12H2,1-3H3,(H,24,27). The van der Waals surface area contributed by atoms with E-state index in [-0.39, 0.29) is 17.0 Å². The minimum Gasteiger partial charge on any atom is -0.444 e. The topological polar surface area (TPSA) is 61.6 Å².